The van der Waals surface area contributed by atoms with E-state index in [-0.39, 0.29) is 59.1 Å². The second-order valence-electron chi connectivity index (χ2n) is 9.66. The average molecular weight is 464 g/mol. The fourth-order valence-corrected chi connectivity index (χ4v) is 6.46. The van der Waals surface area contributed by atoms with Gasteiger partial charge in [-0.05, 0) is 79.9 Å². The smallest absolute Gasteiger partial charge is 0.550 e. The molecule has 3 saturated carbocycles. The second-order valence-corrected chi connectivity index (χ2v) is 10.6. The summed E-state index contributed by atoms with van der Waals surface area (Å²) in [7, 11) is 0. The van der Waals surface area contributed by atoms with Crippen LogP contribution < -0.4 is 40.0 Å². The standard InChI is InChI=1S/C25H31NO4S.Na/c1-25(2)16-11-15(7-5-3-4-6-8-22(28)29)23(20(25)12-16)26-24(30)19-14-31-21-10-9-17(27)13-18(19)21;/h3,5,9-10,13-16,20,23,27H,4,6-8,11-12H2,1-2H3,(H,26,30)(H,28,29);/q;+1/p-1/b5-3-;/t15-,16-,20-,23+;/m0./s1. The molecule has 3 aliphatic carbocycles. The predicted octanol–water partition coefficient (Wildman–Crippen LogP) is 1.26. The Kier molecular flexibility index (Phi) is 8.13. The van der Waals surface area contributed by atoms with Crippen LogP contribution in [0.15, 0.2) is 35.7 Å². The summed E-state index contributed by atoms with van der Waals surface area (Å²) < 4.78 is 0.992. The fourth-order valence-electron chi connectivity index (χ4n) is 5.54. The molecule has 0 aliphatic heterocycles. The van der Waals surface area contributed by atoms with E-state index < -0.39 is 5.97 Å². The van der Waals surface area contributed by atoms with Crippen molar-refractivity contribution in [1.82, 2.24) is 5.32 Å². The molecule has 5 nitrogen and oxygen atoms in total. The van der Waals surface area contributed by atoms with Gasteiger partial charge in [0.05, 0.1) is 5.56 Å². The molecule has 7 heteroatoms. The van der Waals surface area contributed by atoms with Crippen LogP contribution in [0.5, 0.6) is 5.75 Å². The molecule has 0 saturated heterocycles. The van der Waals surface area contributed by atoms with Gasteiger partial charge in [-0.2, -0.15) is 0 Å². The quantitative estimate of drug-likeness (QED) is 0.350. The summed E-state index contributed by atoms with van der Waals surface area (Å²) in [5.41, 5.74) is 0.869. The third kappa shape index (κ3) is 5.09. The van der Waals surface area contributed by atoms with Gasteiger partial charge in [-0.3, -0.25) is 4.79 Å². The maximum atomic E-state index is 13.2. The van der Waals surface area contributed by atoms with Crippen LogP contribution in [0.3, 0.4) is 0 Å². The molecule has 3 aliphatic rings. The molecular formula is C25H30NNaO4S. The molecule has 0 spiro atoms. The number of aromatic hydroxyl groups is 1. The van der Waals surface area contributed by atoms with Crippen molar-refractivity contribution in [3.05, 3.63) is 41.3 Å². The number of benzene rings is 1. The number of carboxylic acids is 1. The summed E-state index contributed by atoms with van der Waals surface area (Å²) in [5, 5.41) is 26.4. The van der Waals surface area contributed by atoms with Crippen molar-refractivity contribution >= 4 is 33.3 Å². The zero-order chi connectivity index (χ0) is 22.2. The van der Waals surface area contributed by atoms with E-state index in [9.17, 15) is 19.8 Å². The Labute approximate surface area is 215 Å². The first-order valence-electron chi connectivity index (χ1n) is 11.1. The minimum absolute atomic E-state index is 0. The summed E-state index contributed by atoms with van der Waals surface area (Å²) in [6, 6.07) is 5.28. The average Bonchev–Trinajstić information content (AvgIpc) is 3.13. The van der Waals surface area contributed by atoms with E-state index in [1.807, 2.05) is 11.4 Å². The van der Waals surface area contributed by atoms with Crippen LogP contribution in [-0.2, 0) is 4.79 Å². The van der Waals surface area contributed by atoms with E-state index in [2.05, 4.69) is 31.3 Å². The van der Waals surface area contributed by atoms with Gasteiger partial charge >= 0.3 is 29.6 Å². The Bertz CT molecular complexity index is 1010. The van der Waals surface area contributed by atoms with Crippen molar-refractivity contribution in [2.45, 2.75) is 58.4 Å². The van der Waals surface area contributed by atoms with E-state index in [1.165, 1.54) is 11.3 Å². The Morgan fingerprint density at radius 1 is 1.28 bits per heavy atom. The van der Waals surface area contributed by atoms with Crippen LogP contribution in [0.4, 0.5) is 0 Å². The first-order chi connectivity index (χ1) is 14.8. The van der Waals surface area contributed by atoms with Crippen molar-refractivity contribution < 1.29 is 49.4 Å². The number of nitrogens with one attached hydrogen (secondary N) is 1. The first kappa shape index (κ1) is 25.3. The third-order valence-electron chi connectivity index (χ3n) is 7.53. The van der Waals surface area contributed by atoms with E-state index in [0.717, 1.165) is 35.8 Å². The van der Waals surface area contributed by atoms with Crippen LogP contribution >= 0.6 is 11.3 Å². The minimum atomic E-state index is -1.000. The molecule has 0 unspecified atom stereocenters. The predicted molar refractivity (Wildman–Crippen MR) is 121 cm³/mol. The zero-order valence-corrected chi connectivity index (χ0v) is 21.9. The van der Waals surface area contributed by atoms with Gasteiger partial charge in [0.25, 0.3) is 5.91 Å². The summed E-state index contributed by atoms with van der Waals surface area (Å²) in [6.07, 6.45) is 8.79. The summed E-state index contributed by atoms with van der Waals surface area (Å²) in [5.74, 6) is 0.649. The minimum Gasteiger partial charge on any atom is -0.550 e. The fraction of sp³-hybridized carbons (Fsp3) is 0.520. The Balaban J connectivity index is 0.00000289. The largest absolute Gasteiger partial charge is 1.00 e. The Morgan fingerprint density at radius 2 is 2.06 bits per heavy atom. The van der Waals surface area contributed by atoms with Crippen LogP contribution in [0, 0.1) is 23.2 Å². The molecule has 1 aromatic carbocycles. The van der Waals surface area contributed by atoms with Gasteiger partial charge in [0.2, 0.25) is 0 Å². The van der Waals surface area contributed by atoms with Crippen molar-refractivity contribution in [3.63, 3.8) is 0 Å². The van der Waals surface area contributed by atoms with E-state index in [1.54, 1.807) is 12.1 Å². The summed E-state index contributed by atoms with van der Waals surface area (Å²) >= 11 is 1.52. The van der Waals surface area contributed by atoms with Gasteiger partial charge < -0.3 is 20.3 Å². The maximum absolute atomic E-state index is 13.2. The van der Waals surface area contributed by atoms with E-state index in [0.29, 0.717) is 29.7 Å². The number of carboxylic acid groups (broad SMARTS) is 1. The monoisotopic (exact) mass is 463 g/mol. The number of carbonyl (C=O) groups excluding carboxylic acids is 2. The molecule has 2 aromatic rings. The van der Waals surface area contributed by atoms with Gasteiger partial charge in [-0.15, -0.1) is 11.3 Å². The van der Waals surface area contributed by atoms with Crippen molar-refractivity contribution in [3.8, 4) is 5.75 Å². The number of thiophene rings is 1. The molecule has 4 atom stereocenters. The molecule has 0 radical (unpaired) electrons. The van der Waals surface area contributed by atoms with Gasteiger partial charge in [0.1, 0.15) is 5.75 Å². The number of allylic oxidation sites excluding steroid dienone is 2. The Hall–Kier alpha value is -1.34. The van der Waals surface area contributed by atoms with Gasteiger partial charge in [-0.25, -0.2) is 0 Å². The zero-order valence-electron chi connectivity index (χ0n) is 19.1. The number of rotatable bonds is 8. The summed E-state index contributed by atoms with van der Waals surface area (Å²) in [4.78, 5) is 23.8. The van der Waals surface area contributed by atoms with E-state index >= 15 is 0 Å². The maximum Gasteiger partial charge on any atom is 1.00 e. The van der Waals surface area contributed by atoms with E-state index in [4.69, 9.17) is 0 Å². The molecule has 2 N–H and O–H groups in total. The van der Waals surface area contributed by atoms with Gasteiger partial charge in [0, 0.05) is 27.5 Å². The molecule has 1 amide bonds. The van der Waals surface area contributed by atoms with Gasteiger partial charge in [0.15, 0.2) is 0 Å². The van der Waals surface area contributed by atoms with Crippen molar-refractivity contribution in [2.75, 3.05) is 0 Å². The number of amides is 1. The number of hydrogen-bond donors (Lipinski definition) is 2. The topological polar surface area (TPSA) is 89.5 Å². The molecule has 2 bridgehead atoms. The molecule has 5 rings (SSSR count). The number of phenolic OH excluding ortho intramolecular Hbond substituents is 1. The van der Waals surface area contributed by atoms with Crippen molar-refractivity contribution in [1.29, 1.82) is 0 Å². The third-order valence-corrected chi connectivity index (χ3v) is 8.50. The SMILES string of the molecule is CC1(C)[C@H]2C[C@H](C/C=C\CCCC(=O)[O-])[C@@H](NC(=O)c3csc4ccc(O)cc34)[C@@H]1C2.[Na+]. The number of hydrogen-bond acceptors (Lipinski definition) is 5. The van der Waals surface area contributed by atoms with Gasteiger partial charge in [-0.1, -0.05) is 26.0 Å². The van der Waals surface area contributed by atoms with Crippen LogP contribution in [0.25, 0.3) is 10.1 Å². The first-order valence-corrected chi connectivity index (χ1v) is 12.0. The van der Waals surface area contributed by atoms with Crippen LogP contribution in [0.1, 0.15) is 62.7 Å². The molecular weight excluding hydrogens is 433 g/mol. The Morgan fingerprint density at radius 3 is 2.78 bits per heavy atom. The second kappa shape index (κ2) is 10.3. The number of aliphatic carboxylic acids is 1. The number of unbranched alkanes of at least 4 members (excludes halogenated alkanes) is 1. The molecule has 3 fully saturated rings. The summed E-state index contributed by atoms with van der Waals surface area (Å²) in [6.45, 7) is 4.63. The number of fused-ring (bicyclic) bond motifs is 3. The normalized spacial score (nSPS) is 25.8. The number of carbonyl (C=O) groups is 2. The molecule has 166 valence electrons. The van der Waals surface area contributed by atoms with Crippen LogP contribution in [0.2, 0.25) is 0 Å². The van der Waals surface area contributed by atoms with Crippen LogP contribution in [-0.4, -0.2) is 23.0 Å². The molecule has 1 aromatic heterocycles. The molecule has 1 heterocycles. The van der Waals surface area contributed by atoms with Crippen molar-refractivity contribution in [2.24, 2.45) is 23.2 Å². The molecule has 32 heavy (non-hydrogen) atoms. The number of phenols is 1.